The predicted molar refractivity (Wildman–Crippen MR) is 63.1 cm³/mol. The molecule has 2 heterocycles. The number of hydrogen-bond acceptors (Lipinski definition) is 4. The maximum Gasteiger partial charge on any atom is 0.393 e. The van der Waals surface area contributed by atoms with Gasteiger partial charge in [-0.1, -0.05) is 11.3 Å². The van der Waals surface area contributed by atoms with Crippen molar-refractivity contribution < 1.29 is 18.0 Å². The van der Waals surface area contributed by atoms with Crippen molar-refractivity contribution in [2.24, 2.45) is 5.92 Å². The highest BCUT2D eigenvalue weighted by Gasteiger charge is 2.42. The first-order valence-electron chi connectivity index (χ1n) is 5.66. The maximum atomic E-state index is 12.7. The van der Waals surface area contributed by atoms with E-state index >= 15 is 0 Å². The standard InChI is InChI=1S/C11H13F3N2OS/c1-7(17)9-5-15-10(18-9)16-4-2-3-8(6-16)11(12,13)14/h5,8H,2-4,6H2,1H3. The second kappa shape index (κ2) is 4.87. The molecule has 1 aromatic heterocycles. The Morgan fingerprint density at radius 2 is 2.28 bits per heavy atom. The van der Waals surface area contributed by atoms with E-state index in [-0.39, 0.29) is 18.7 Å². The zero-order valence-electron chi connectivity index (χ0n) is 9.83. The van der Waals surface area contributed by atoms with E-state index in [0.717, 1.165) is 11.3 Å². The normalized spacial score (nSPS) is 21.1. The molecule has 1 fully saturated rings. The van der Waals surface area contributed by atoms with Crippen molar-refractivity contribution in [3.8, 4) is 0 Å². The SMILES string of the molecule is CC(=O)c1cnc(N2CCCC(C(F)(F)F)C2)s1. The maximum absolute atomic E-state index is 12.7. The summed E-state index contributed by atoms with van der Waals surface area (Å²) in [5.74, 6) is -1.40. The van der Waals surface area contributed by atoms with E-state index in [2.05, 4.69) is 4.98 Å². The van der Waals surface area contributed by atoms with Gasteiger partial charge in [0.25, 0.3) is 0 Å². The number of hydrogen-bond donors (Lipinski definition) is 0. The molecule has 1 aliphatic rings. The lowest BCUT2D eigenvalue weighted by Gasteiger charge is -2.33. The lowest BCUT2D eigenvalue weighted by Crippen LogP contribution is -2.41. The van der Waals surface area contributed by atoms with Crippen LogP contribution in [0.2, 0.25) is 0 Å². The number of carbonyl (C=O) groups is 1. The summed E-state index contributed by atoms with van der Waals surface area (Å²) in [6.45, 7) is 1.93. The Morgan fingerprint density at radius 1 is 1.56 bits per heavy atom. The first-order chi connectivity index (χ1) is 8.38. The number of Topliss-reactive ketones (excluding diaryl/α,β-unsaturated/α-hetero) is 1. The van der Waals surface area contributed by atoms with Crippen molar-refractivity contribution in [2.75, 3.05) is 18.0 Å². The Morgan fingerprint density at radius 3 is 2.83 bits per heavy atom. The minimum Gasteiger partial charge on any atom is -0.347 e. The minimum atomic E-state index is -4.15. The summed E-state index contributed by atoms with van der Waals surface area (Å²) in [7, 11) is 0. The Bertz CT molecular complexity index is 444. The van der Waals surface area contributed by atoms with Crippen LogP contribution in [0.1, 0.15) is 29.4 Å². The van der Waals surface area contributed by atoms with E-state index < -0.39 is 12.1 Å². The molecule has 1 saturated heterocycles. The summed E-state index contributed by atoms with van der Waals surface area (Å²) in [6, 6.07) is 0. The molecule has 0 aliphatic carbocycles. The van der Waals surface area contributed by atoms with Gasteiger partial charge in [-0.25, -0.2) is 4.98 Å². The summed E-state index contributed by atoms with van der Waals surface area (Å²) in [4.78, 5) is 17.3. The van der Waals surface area contributed by atoms with Crippen LogP contribution in [-0.4, -0.2) is 30.0 Å². The Hall–Kier alpha value is -1.11. The molecule has 0 spiro atoms. The van der Waals surface area contributed by atoms with Gasteiger partial charge in [0.1, 0.15) is 0 Å². The molecule has 1 aliphatic heterocycles. The molecule has 0 aromatic carbocycles. The van der Waals surface area contributed by atoms with Crippen LogP contribution < -0.4 is 4.90 Å². The lowest BCUT2D eigenvalue weighted by molar-refractivity contribution is -0.175. The van der Waals surface area contributed by atoms with Crippen LogP contribution in [0.5, 0.6) is 0 Å². The average molecular weight is 278 g/mol. The molecule has 0 N–H and O–H groups in total. The quantitative estimate of drug-likeness (QED) is 0.779. The molecule has 1 aromatic rings. The third kappa shape index (κ3) is 2.82. The van der Waals surface area contributed by atoms with Crippen LogP contribution in [0, 0.1) is 5.92 Å². The summed E-state index contributed by atoms with van der Waals surface area (Å²) in [5, 5.41) is 0.508. The summed E-state index contributed by atoms with van der Waals surface area (Å²) in [5.41, 5.74) is 0. The van der Waals surface area contributed by atoms with Gasteiger partial charge in [-0.3, -0.25) is 4.79 Å². The van der Waals surface area contributed by atoms with Crippen LogP contribution in [-0.2, 0) is 0 Å². The van der Waals surface area contributed by atoms with Gasteiger partial charge in [-0.05, 0) is 12.8 Å². The molecule has 0 saturated carbocycles. The van der Waals surface area contributed by atoms with Crippen LogP contribution in [0.15, 0.2) is 6.20 Å². The van der Waals surface area contributed by atoms with E-state index in [1.54, 1.807) is 4.90 Å². The van der Waals surface area contributed by atoms with Crippen molar-refractivity contribution in [1.29, 1.82) is 0 Å². The number of aromatic nitrogens is 1. The molecule has 7 heteroatoms. The topological polar surface area (TPSA) is 33.2 Å². The van der Waals surface area contributed by atoms with Crippen LogP contribution in [0.25, 0.3) is 0 Å². The van der Waals surface area contributed by atoms with Crippen molar-refractivity contribution in [3.05, 3.63) is 11.1 Å². The highest BCUT2D eigenvalue weighted by atomic mass is 32.1. The minimum absolute atomic E-state index is 0.0612. The molecular formula is C11H13F3N2OS. The molecule has 1 unspecified atom stereocenters. The third-order valence-electron chi connectivity index (χ3n) is 3.00. The fourth-order valence-electron chi connectivity index (χ4n) is 1.99. The molecule has 100 valence electrons. The summed E-state index contributed by atoms with van der Waals surface area (Å²) >= 11 is 1.16. The molecular weight excluding hydrogens is 265 g/mol. The molecule has 18 heavy (non-hydrogen) atoms. The molecule has 0 radical (unpaired) electrons. The Kier molecular flexibility index (Phi) is 3.61. The fourth-order valence-corrected chi connectivity index (χ4v) is 2.84. The number of halogens is 3. The number of thiazole rings is 1. The number of alkyl halides is 3. The zero-order valence-corrected chi connectivity index (χ0v) is 10.6. The second-order valence-corrected chi connectivity index (χ2v) is 5.40. The van der Waals surface area contributed by atoms with Gasteiger partial charge >= 0.3 is 6.18 Å². The van der Waals surface area contributed by atoms with E-state index in [0.29, 0.717) is 23.0 Å². The monoisotopic (exact) mass is 278 g/mol. The summed E-state index contributed by atoms with van der Waals surface area (Å²) < 4.78 is 38.0. The van der Waals surface area contributed by atoms with Gasteiger partial charge in [0, 0.05) is 20.0 Å². The first kappa shape index (κ1) is 13.3. The van der Waals surface area contributed by atoms with E-state index in [1.165, 1.54) is 13.1 Å². The van der Waals surface area contributed by atoms with Crippen LogP contribution >= 0.6 is 11.3 Å². The largest absolute Gasteiger partial charge is 0.393 e. The van der Waals surface area contributed by atoms with E-state index in [9.17, 15) is 18.0 Å². The number of ketones is 1. The van der Waals surface area contributed by atoms with Crippen molar-refractivity contribution in [3.63, 3.8) is 0 Å². The third-order valence-corrected chi connectivity index (χ3v) is 4.15. The van der Waals surface area contributed by atoms with Crippen LogP contribution in [0.3, 0.4) is 0 Å². The molecule has 3 nitrogen and oxygen atoms in total. The van der Waals surface area contributed by atoms with Gasteiger partial charge in [0.05, 0.1) is 17.0 Å². The number of carbonyl (C=O) groups excluding carboxylic acids is 1. The lowest BCUT2D eigenvalue weighted by atomic mass is 9.98. The zero-order chi connectivity index (χ0) is 13.3. The van der Waals surface area contributed by atoms with E-state index in [1.807, 2.05) is 0 Å². The highest BCUT2D eigenvalue weighted by molar-refractivity contribution is 7.17. The highest BCUT2D eigenvalue weighted by Crippen LogP contribution is 2.35. The summed E-state index contributed by atoms with van der Waals surface area (Å²) in [6.07, 6.45) is -2.05. The number of nitrogens with zero attached hydrogens (tertiary/aromatic N) is 2. The van der Waals surface area contributed by atoms with Crippen molar-refractivity contribution >= 4 is 22.3 Å². The predicted octanol–water partition coefficient (Wildman–Crippen LogP) is 3.12. The number of rotatable bonds is 2. The average Bonchev–Trinajstić information content (AvgIpc) is 2.77. The Balaban J connectivity index is 2.10. The van der Waals surface area contributed by atoms with Gasteiger partial charge in [-0.15, -0.1) is 0 Å². The molecule has 2 rings (SSSR count). The second-order valence-electron chi connectivity index (χ2n) is 4.39. The molecule has 0 bridgehead atoms. The van der Waals surface area contributed by atoms with Gasteiger partial charge < -0.3 is 4.90 Å². The van der Waals surface area contributed by atoms with Crippen LogP contribution in [0.4, 0.5) is 18.3 Å². The van der Waals surface area contributed by atoms with Crippen molar-refractivity contribution in [2.45, 2.75) is 25.9 Å². The van der Waals surface area contributed by atoms with E-state index in [4.69, 9.17) is 0 Å². The Labute approximate surface area is 107 Å². The molecule has 0 amide bonds. The molecule has 1 atom stereocenters. The van der Waals surface area contributed by atoms with Gasteiger partial charge in [0.2, 0.25) is 0 Å². The number of anilines is 1. The van der Waals surface area contributed by atoms with Gasteiger partial charge in [-0.2, -0.15) is 13.2 Å². The first-order valence-corrected chi connectivity index (χ1v) is 6.48. The smallest absolute Gasteiger partial charge is 0.347 e. The van der Waals surface area contributed by atoms with Crippen molar-refractivity contribution in [1.82, 2.24) is 4.98 Å². The fraction of sp³-hybridized carbons (Fsp3) is 0.636. The number of piperidine rings is 1. The van der Waals surface area contributed by atoms with Gasteiger partial charge in [0.15, 0.2) is 10.9 Å².